The maximum absolute atomic E-state index is 12.7. The van der Waals surface area contributed by atoms with E-state index < -0.39 is 10.8 Å². The summed E-state index contributed by atoms with van der Waals surface area (Å²) in [7, 11) is 2.03. The molecule has 160 valence electrons. The van der Waals surface area contributed by atoms with Crippen LogP contribution in [0.2, 0.25) is 0 Å². The van der Waals surface area contributed by atoms with Crippen LogP contribution in [0.3, 0.4) is 0 Å². The lowest BCUT2D eigenvalue weighted by molar-refractivity contribution is -0.384. The van der Waals surface area contributed by atoms with Crippen molar-refractivity contribution in [3.05, 3.63) is 80.8 Å². The number of carbonyl (C=O) groups is 1. The molecule has 0 radical (unpaired) electrons. The Labute approximate surface area is 184 Å². The molecule has 1 aromatic heterocycles. The van der Waals surface area contributed by atoms with Crippen molar-refractivity contribution >= 4 is 33.8 Å². The van der Waals surface area contributed by atoms with Gasteiger partial charge in [-0.3, -0.25) is 20.2 Å². The van der Waals surface area contributed by atoms with Crippen molar-refractivity contribution in [2.45, 2.75) is 6.42 Å². The van der Waals surface area contributed by atoms with Gasteiger partial charge in [0.25, 0.3) is 11.6 Å². The Morgan fingerprint density at radius 2 is 1.90 bits per heavy atom. The minimum Gasteiger partial charge on any atom is -0.363 e. The van der Waals surface area contributed by atoms with Gasteiger partial charge in [0, 0.05) is 55.3 Å². The third-order valence-electron chi connectivity index (χ3n) is 5.27. The summed E-state index contributed by atoms with van der Waals surface area (Å²) in [5.41, 5.74) is 1.90. The van der Waals surface area contributed by atoms with E-state index in [2.05, 4.69) is 15.2 Å². The highest BCUT2D eigenvalue weighted by molar-refractivity contribution is 7.15. The van der Waals surface area contributed by atoms with E-state index in [-0.39, 0.29) is 11.3 Å². The minimum absolute atomic E-state index is 0.0545. The molecule has 1 amide bonds. The normalized spacial score (nSPS) is 14.4. The molecule has 1 N–H and O–H groups in total. The lowest BCUT2D eigenvalue weighted by Gasteiger charge is -2.33. The zero-order chi connectivity index (χ0) is 21.8. The minimum atomic E-state index is -0.425. The van der Waals surface area contributed by atoms with Gasteiger partial charge in [-0.25, -0.2) is 4.98 Å². The van der Waals surface area contributed by atoms with E-state index in [1.807, 2.05) is 42.3 Å². The van der Waals surface area contributed by atoms with Crippen LogP contribution in [0.15, 0.2) is 54.7 Å². The fourth-order valence-electron chi connectivity index (χ4n) is 3.54. The number of hydrogen-bond acceptors (Lipinski definition) is 7. The van der Waals surface area contributed by atoms with Crippen LogP contribution in [0.1, 0.15) is 20.8 Å². The third kappa shape index (κ3) is 5.07. The molecule has 1 fully saturated rings. The first kappa shape index (κ1) is 21.0. The first-order valence-corrected chi connectivity index (χ1v) is 10.8. The Balaban J connectivity index is 1.47. The lowest BCUT2D eigenvalue weighted by Crippen LogP contribution is -2.44. The van der Waals surface area contributed by atoms with Gasteiger partial charge >= 0.3 is 0 Å². The standard InChI is InChI=1S/C22H23N5O3S/c1-25-9-11-26(12-10-25)19-8-7-17(14-20(19)27(29)30)21(28)24-22-23-15-18(31-22)13-16-5-3-2-4-6-16/h2-8,14-15H,9-13H2,1H3,(H,23,24,28). The van der Waals surface area contributed by atoms with Crippen LogP contribution >= 0.6 is 11.3 Å². The third-order valence-corrected chi connectivity index (χ3v) is 6.19. The van der Waals surface area contributed by atoms with E-state index in [1.165, 1.54) is 23.0 Å². The SMILES string of the molecule is CN1CCN(c2ccc(C(=O)Nc3ncc(Cc4ccccc4)s3)cc2[N+](=O)[O-])CC1. The summed E-state index contributed by atoms with van der Waals surface area (Å²) in [4.78, 5) is 33.4. The molecule has 9 heteroatoms. The molecule has 3 aromatic rings. The number of anilines is 2. The van der Waals surface area contributed by atoms with Crippen molar-refractivity contribution in [3.63, 3.8) is 0 Å². The van der Waals surface area contributed by atoms with Crippen molar-refractivity contribution in [3.8, 4) is 0 Å². The fourth-order valence-corrected chi connectivity index (χ4v) is 4.38. The molecule has 0 atom stereocenters. The first-order chi connectivity index (χ1) is 15.0. The van der Waals surface area contributed by atoms with Crippen molar-refractivity contribution in [2.75, 3.05) is 43.4 Å². The molecule has 1 aliphatic rings. The van der Waals surface area contributed by atoms with E-state index in [0.717, 1.165) is 24.4 Å². The number of nitro groups is 1. The van der Waals surface area contributed by atoms with Gasteiger partial charge in [-0.1, -0.05) is 30.3 Å². The number of benzene rings is 2. The van der Waals surface area contributed by atoms with Crippen molar-refractivity contribution in [1.29, 1.82) is 0 Å². The molecule has 0 spiro atoms. The predicted octanol–water partition coefficient (Wildman–Crippen LogP) is 3.65. The number of nitrogens with one attached hydrogen (secondary N) is 1. The molecule has 0 unspecified atom stereocenters. The van der Waals surface area contributed by atoms with Crippen LogP contribution in [-0.4, -0.2) is 53.9 Å². The van der Waals surface area contributed by atoms with Gasteiger partial charge in [0.15, 0.2) is 5.13 Å². The van der Waals surface area contributed by atoms with Gasteiger partial charge in [0.1, 0.15) is 5.69 Å². The Hall–Kier alpha value is -3.30. The van der Waals surface area contributed by atoms with Crippen molar-refractivity contribution in [1.82, 2.24) is 9.88 Å². The van der Waals surface area contributed by atoms with Gasteiger partial charge in [-0.15, -0.1) is 11.3 Å². The number of aromatic nitrogens is 1. The second-order valence-electron chi connectivity index (χ2n) is 7.50. The summed E-state index contributed by atoms with van der Waals surface area (Å²) in [6, 6.07) is 14.7. The van der Waals surface area contributed by atoms with E-state index in [0.29, 0.717) is 23.9 Å². The molecule has 4 rings (SSSR count). The molecule has 2 aromatic carbocycles. The summed E-state index contributed by atoms with van der Waals surface area (Å²) in [6.45, 7) is 3.11. The fraction of sp³-hybridized carbons (Fsp3) is 0.273. The average Bonchev–Trinajstić information content (AvgIpc) is 3.21. The molecule has 2 heterocycles. The summed E-state index contributed by atoms with van der Waals surface area (Å²) in [5.74, 6) is -0.409. The summed E-state index contributed by atoms with van der Waals surface area (Å²) in [6.07, 6.45) is 2.48. The van der Waals surface area contributed by atoms with Gasteiger partial charge < -0.3 is 9.80 Å². The van der Waals surface area contributed by atoms with Crippen molar-refractivity contribution < 1.29 is 9.72 Å². The smallest absolute Gasteiger partial charge is 0.293 e. The van der Waals surface area contributed by atoms with Gasteiger partial charge in [-0.05, 0) is 24.7 Å². The maximum Gasteiger partial charge on any atom is 0.293 e. The van der Waals surface area contributed by atoms with E-state index in [1.54, 1.807) is 18.3 Å². The zero-order valence-corrected chi connectivity index (χ0v) is 18.0. The highest BCUT2D eigenvalue weighted by Gasteiger charge is 2.24. The summed E-state index contributed by atoms with van der Waals surface area (Å²) in [5, 5.41) is 14.9. The molecular formula is C22H23N5O3S. The number of hydrogen-bond donors (Lipinski definition) is 1. The topological polar surface area (TPSA) is 91.6 Å². The average molecular weight is 438 g/mol. The number of amides is 1. The molecule has 0 aliphatic carbocycles. The second-order valence-corrected chi connectivity index (χ2v) is 8.61. The Morgan fingerprint density at radius 1 is 1.16 bits per heavy atom. The predicted molar refractivity (Wildman–Crippen MR) is 122 cm³/mol. The lowest BCUT2D eigenvalue weighted by atomic mass is 10.1. The number of piperazine rings is 1. The monoisotopic (exact) mass is 437 g/mol. The second kappa shape index (κ2) is 9.23. The number of likely N-dealkylation sites (N-methyl/N-ethyl adjacent to an activating group) is 1. The number of nitro benzene ring substituents is 1. The number of rotatable bonds is 6. The Morgan fingerprint density at radius 3 is 2.61 bits per heavy atom. The van der Waals surface area contributed by atoms with E-state index in [9.17, 15) is 14.9 Å². The molecule has 1 saturated heterocycles. The zero-order valence-electron chi connectivity index (χ0n) is 17.2. The largest absolute Gasteiger partial charge is 0.363 e. The maximum atomic E-state index is 12.7. The Kier molecular flexibility index (Phi) is 6.24. The van der Waals surface area contributed by atoms with Gasteiger partial charge in [0.05, 0.1) is 4.92 Å². The molecule has 0 saturated carbocycles. The quantitative estimate of drug-likeness (QED) is 0.468. The number of carbonyl (C=O) groups excluding carboxylic acids is 1. The van der Waals surface area contributed by atoms with Gasteiger partial charge in [-0.2, -0.15) is 0 Å². The first-order valence-electron chi connectivity index (χ1n) is 10.0. The van der Waals surface area contributed by atoms with Crippen LogP contribution in [0, 0.1) is 10.1 Å². The van der Waals surface area contributed by atoms with Gasteiger partial charge in [0.2, 0.25) is 0 Å². The highest BCUT2D eigenvalue weighted by Crippen LogP contribution is 2.30. The Bertz CT molecular complexity index is 1080. The van der Waals surface area contributed by atoms with Crippen LogP contribution in [-0.2, 0) is 6.42 Å². The number of thiazole rings is 1. The molecule has 8 nitrogen and oxygen atoms in total. The summed E-state index contributed by atoms with van der Waals surface area (Å²) < 4.78 is 0. The van der Waals surface area contributed by atoms with Crippen LogP contribution in [0.4, 0.5) is 16.5 Å². The summed E-state index contributed by atoms with van der Waals surface area (Å²) >= 11 is 1.40. The van der Waals surface area contributed by atoms with Crippen LogP contribution < -0.4 is 10.2 Å². The van der Waals surface area contributed by atoms with E-state index in [4.69, 9.17) is 0 Å². The van der Waals surface area contributed by atoms with Crippen LogP contribution in [0.5, 0.6) is 0 Å². The van der Waals surface area contributed by atoms with Crippen molar-refractivity contribution in [2.24, 2.45) is 0 Å². The molecule has 1 aliphatic heterocycles. The number of nitrogens with zero attached hydrogens (tertiary/aromatic N) is 4. The van der Waals surface area contributed by atoms with Crippen LogP contribution in [0.25, 0.3) is 0 Å². The molecule has 0 bridgehead atoms. The van der Waals surface area contributed by atoms with E-state index >= 15 is 0 Å². The molecule has 31 heavy (non-hydrogen) atoms. The molecular weight excluding hydrogens is 414 g/mol. The highest BCUT2D eigenvalue weighted by atomic mass is 32.1.